The molecule has 3 aromatic rings. The Kier molecular flexibility index (Phi) is 5.61. The van der Waals surface area contributed by atoms with E-state index in [4.69, 9.17) is 0 Å². The minimum atomic E-state index is -0.138. The minimum Gasteiger partial charge on any atom is -0.272 e. The second-order valence-corrected chi connectivity index (χ2v) is 7.38. The first-order valence-electron chi connectivity index (χ1n) is 7.64. The van der Waals surface area contributed by atoms with E-state index in [2.05, 4.69) is 34.6 Å². The summed E-state index contributed by atoms with van der Waals surface area (Å²) >= 11 is 3.02. The highest BCUT2D eigenvalue weighted by Gasteiger charge is 2.06. The zero-order valence-electron chi connectivity index (χ0n) is 13.2. The van der Waals surface area contributed by atoms with Crippen LogP contribution in [0.2, 0.25) is 0 Å². The van der Waals surface area contributed by atoms with Crippen LogP contribution in [0.4, 0.5) is 0 Å². The summed E-state index contributed by atoms with van der Waals surface area (Å²) in [5.74, 6) is 0.159. The fraction of sp³-hybridized carbons (Fsp3) is 0.167. The SMILES string of the molecule is CCc1ccc(/C=N/NC(=O)CSc2nc3ccccc3s2)cc1. The summed E-state index contributed by atoms with van der Waals surface area (Å²) in [6, 6.07) is 16.1. The first-order chi connectivity index (χ1) is 11.7. The topological polar surface area (TPSA) is 54.4 Å². The number of nitrogens with one attached hydrogen (secondary N) is 1. The molecule has 0 aliphatic heterocycles. The number of nitrogens with zero attached hydrogens (tertiary/aromatic N) is 2. The van der Waals surface area contributed by atoms with Crippen molar-refractivity contribution in [3.63, 3.8) is 0 Å². The molecule has 0 radical (unpaired) electrons. The molecule has 0 saturated heterocycles. The number of thiazole rings is 1. The molecule has 122 valence electrons. The van der Waals surface area contributed by atoms with E-state index in [0.29, 0.717) is 5.75 Å². The third-order valence-electron chi connectivity index (χ3n) is 3.39. The molecule has 3 rings (SSSR count). The minimum absolute atomic E-state index is 0.138. The third-order valence-corrected chi connectivity index (χ3v) is 5.57. The van der Waals surface area contributed by atoms with E-state index < -0.39 is 0 Å². The maximum absolute atomic E-state index is 11.9. The predicted molar refractivity (Wildman–Crippen MR) is 102 cm³/mol. The van der Waals surface area contributed by atoms with Crippen LogP contribution in [0.25, 0.3) is 10.2 Å². The molecule has 6 heteroatoms. The maximum atomic E-state index is 11.9. The van der Waals surface area contributed by atoms with Crippen molar-refractivity contribution in [3.05, 3.63) is 59.7 Å². The van der Waals surface area contributed by atoms with E-state index in [1.54, 1.807) is 17.6 Å². The molecule has 24 heavy (non-hydrogen) atoms. The van der Waals surface area contributed by atoms with Crippen LogP contribution in [-0.2, 0) is 11.2 Å². The lowest BCUT2D eigenvalue weighted by molar-refractivity contribution is -0.118. The number of hydrazone groups is 1. The van der Waals surface area contributed by atoms with Gasteiger partial charge in [-0.2, -0.15) is 5.10 Å². The van der Waals surface area contributed by atoms with Gasteiger partial charge in [0.05, 0.1) is 22.2 Å². The van der Waals surface area contributed by atoms with E-state index in [1.807, 2.05) is 36.4 Å². The quantitative estimate of drug-likeness (QED) is 0.411. The fourth-order valence-corrected chi connectivity index (χ4v) is 3.95. The Morgan fingerprint density at radius 2 is 2.04 bits per heavy atom. The average Bonchev–Trinajstić information content (AvgIpc) is 3.03. The molecule has 0 bridgehead atoms. The summed E-state index contributed by atoms with van der Waals surface area (Å²) < 4.78 is 2.03. The molecular weight excluding hydrogens is 338 g/mol. The number of thioether (sulfide) groups is 1. The maximum Gasteiger partial charge on any atom is 0.250 e. The van der Waals surface area contributed by atoms with Gasteiger partial charge >= 0.3 is 0 Å². The van der Waals surface area contributed by atoms with Gasteiger partial charge in [0.25, 0.3) is 5.91 Å². The fourth-order valence-electron chi connectivity index (χ4n) is 2.09. The van der Waals surface area contributed by atoms with E-state index in [-0.39, 0.29) is 5.91 Å². The molecule has 1 heterocycles. The summed E-state index contributed by atoms with van der Waals surface area (Å²) in [6.07, 6.45) is 2.66. The number of fused-ring (bicyclic) bond motifs is 1. The van der Waals surface area contributed by atoms with Crippen molar-refractivity contribution < 1.29 is 4.79 Å². The number of hydrogen-bond donors (Lipinski definition) is 1. The van der Waals surface area contributed by atoms with Gasteiger partial charge in [-0.1, -0.05) is 55.1 Å². The first kappa shape index (κ1) is 16.7. The molecule has 0 saturated carbocycles. The van der Waals surface area contributed by atoms with E-state index in [1.165, 1.54) is 17.3 Å². The second-order valence-electron chi connectivity index (χ2n) is 5.12. The van der Waals surface area contributed by atoms with Crippen molar-refractivity contribution in [2.24, 2.45) is 5.10 Å². The normalized spacial score (nSPS) is 11.2. The molecule has 0 spiro atoms. The molecule has 2 aromatic carbocycles. The molecule has 1 N–H and O–H groups in total. The van der Waals surface area contributed by atoms with Crippen molar-refractivity contribution >= 4 is 45.4 Å². The lowest BCUT2D eigenvalue weighted by atomic mass is 10.1. The molecule has 0 fully saturated rings. The van der Waals surface area contributed by atoms with Gasteiger partial charge < -0.3 is 0 Å². The van der Waals surface area contributed by atoms with Crippen LogP contribution in [0.15, 0.2) is 58.0 Å². The molecule has 4 nitrogen and oxygen atoms in total. The number of aromatic nitrogens is 1. The zero-order chi connectivity index (χ0) is 16.8. The molecule has 1 aromatic heterocycles. The Balaban J connectivity index is 1.49. The lowest BCUT2D eigenvalue weighted by Gasteiger charge is -1.99. The van der Waals surface area contributed by atoms with Gasteiger partial charge in [-0.3, -0.25) is 4.79 Å². The van der Waals surface area contributed by atoms with Crippen LogP contribution in [-0.4, -0.2) is 22.9 Å². The van der Waals surface area contributed by atoms with Gasteiger partial charge in [-0.25, -0.2) is 10.4 Å². The van der Waals surface area contributed by atoms with Crippen LogP contribution in [0.3, 0.4) is 0 Å². The largest absolute Gasteiger partial charge is 0.272 e. The predicted octanol–water partition coefficient (Wildman–Crippen LogP) is 4.10. The zero-order valence-corrected chi connectivity index (χ0v) is 14.9. The van der Waals surface area contributed by atoms with Crippen LogP contribution in [0.1, 0.15) is 18.1 Å². The highest BCUT2D eigenvalue weighted by atomic mass is 32.2. The Hall–Kier alpha value is -2.18. The van der Waals surface area contributed by atoms with Gasteiger partial charge in [0.1, 0.15) is 0 Å². The van der Waals surface area contributed by atoms with Crippen molar-refractivity contribution in [2.75, 3.05) is 5.75 Å². The molecule has 0 aliphatic rings. The van der Waals surface area contributed by atoms with Gasteiger partial charge in [-0.05, 0) is 29.7 Å². The average molecular weight is 355 g/mol. The Morgan fingerprint density at radius 3 is 2.79 bits per heavy atom. The summed E-state index contributed by atoms with van der Waals surface area (Å²) in [5, 5.41) is 4.00. The Bertz CT molecular complexity index is 823. The summed E-state index contributed by atoms with van der Waals surface area (Å²) in [4.78, 5) is 16.3. The number of carbonyl (C=O) groups is 1. The van der Waals surface area contributed by atoms with Gasteiger partial charge in [-0.15, -0.1) is 11.3 Å². The Labute approximate surface area is 149 Å². The van der Waals surface area contributed by atoms with Gasteiger partial charge in [0.2, 0.25) is 0 Å². The lowest BCUT2D eigenvalue weighted by Crippen LogP contribution is -2.19. The van der Waals surface area contributed by atoms with Crippen LogP contribution < -0.4 is 5.43 Å². The first-order valence-corrected chi connectivity index (χ1v) is 9.44. The molecule has 1 amide bonds. The van der Waals surface area contributed by atoms with Gasteiger partial charge in [0.15, 0.2) is 4.34 Å². The number of rotatable bonds is 6. The third kappa shape index (κ3) is 4.43. The molecule has 0 aliphatic carbocycles. The Morgan fingerprint density at radius 1 is 1.25 bits per heavy atom. The van der Waals surface area contributed by atoms with E-state index in [0.717, 1.165) is 26.5 Å². The van der Waals surface area contributed by atoms with Gasteiger partial charge in [0, 0.05) is 0 Å². The summed E-state index contributed by atoms with van der Waals surface area (Å²) in [7, 11) is 0. The number of benzene rings is 2. The van der Waals surface area contributed by atoms with Crippen molar-refractivity contribution in [1.29, 1.82) is 0 Å². The number of amides is 1. The standard InChI is InChI=1S/C18H17N3OS2/c1-2-13-7-9-14(10-8-13)11-19-21-17(22)12-23-18-20-15-5-3-4-6-16(15)24-18/h3-11H,2,12H2,1H3,(H,21,22)/b19-11+. The van der Waals surface area contributed by atoms with Crippen LogP contribution in [0, 0.1) is 0 Å². The monoisotopic (exact) mass is 355 g/mol. The highest BCUT2D eigenvalue weighted by Crippen LogP contribution is 2.28. The number of para-hydroxylation sites is 1. The second kappa shape index (κ2) is 8.08. The van der Waals surface area contributed by atoms with Crippen molar-refractivity contribution in [3.8, 4) is 0 Å². The molecule has 0 unspecified atom stereocenters. The summed E-state index contributed by atoms with van der Waals surface area (Å²) in [5.41, 5.74) is 5.77. The molecular formula is C18H17N3OS2. The summed E-state index contributed by atoms with van der Waals surface area (Å²) in [6.45, 7) is 2.12. The number of carbonyl (C=O) groups excluding carboxylic acids is 1. The highest BCUT2D eigenvalue weighted by molar-refractivity contribution is 8.01. The van der Waals surface area contributed by atoms with Crippen LogP contribution in [0.5, 0.6) is 0 Å². The van der Waals surface area contributed by atoms with Crippen LogP contribution >= 0.6 is 23.1 Å². The van der Waals surface area contributed by atoms with E-state index in [9.17, 15) is 4.79 Å². The molecule has 0 atom stereocenters. The smallest absolute Gasteiger partial charge is 0.250 e. The number of hydrogen-bond acceptors (Lipinski definition) is 5. The van der Waals surface area contributed by atoms with Crippen molar-refractivity contribution in [1.82, 2.24) is 10.4 Å². The van der Waals surface area contributed by atoms with Crippen molar-refractivity contribution in [2.45, 2.75) is 17.7 Å². The van der Waals surface area contributed by atoms with E-state index >= 15 is 0 Å². The number of aryl methyl sites for hydroxylation is 1.